The molecule has 2 amide bonds. The van der Waals surface area contributed by atoms with Crippen LogP contribution >= 0.6 is 0 Å². The second kappa shape index (κ2) is 5.45. The zero-order valence-electron chi connectivity index (χ0n) is 10.1. The summed E-state index contributed by atoms with van der Waals surface area (Å²) in [5.41, 5.74) is -0.831. The molecule has 18 heavy (non-hydrogen) atoms. The Balaban J connectivity index is 2.58. The monoisotopic (exact) mass is 253 g/mol. The van der Waals surface area contributed by atoms with E-state index in [4.69, 9.17) is 5.26 Å². The van der Waals surface area contributed by atoms with Gasteiger partial charge in [-0.25, -0.2) is 13.6 Å². The molecule has 6 heteroatoms. The molecule has 0 radical (unpaired) electrons. The van der Waals surface area contributed by atoms with E-state index in [1.54, 1.807) is 13.8 Å². The van der Waals surface area contributed by atoms with Crippen molar-refractivity contribution in [3.63, 3.8) is 0 Å². The normalized spacial score (nSPS) is 10.6. The van der Waals surface area contributed by atoms with Gasteiger partial charge in [0.15, 0.2) is 0 Å². The van der Waals surface area contributed by atoms with E-state index in [-0.39, 0.29) is 12.2 Å². The van der Waals surface area contributed by atoms with Gasteiger partial charge in [0.1, 0.15) is 11.6 Å². The van der Waals surface area contributed by atoms with Crippen molar-refractivity contribution >= 4 is 11.7 Å². The molecule has 2 N–H and O–H groups in total. The van der Waals surface area contributed by atoms with Crippen molar-refractivity contribution in [3.05, 3.63) is 29.8 Å². The summed E-state index contributed by atoms with van der Waals surface area (Å²) in [5, 5.41) is 13.4. The number of nitrogens with zero attached hydrogens (tertiary/aromatic N) is 1. The molecule has 0 saturated carbocycles. The molecule has 0 aliphatic heterocycles. The molecular weight excluding hydrogens is 240 g/mol. The first-order chi connectivity index (χ1) is 8.34. The number of amides is 2. The summed E-state index contributed by atoms with van der Waals surface area (Å²) < 4.78 is 25.8. The SMILES string of the molecule is CC(C)(C#N)CNC(=O)Nc1ccc(F)cc1F. The van der Waals surface area contributed by atoms with Crippen LogP contribution in [0, 0.1) is 28.4 Å². The Morgan fingerprint density at radius 1 is 1.44 bits per heavy atom. The van der Waals surface area contributed by atoms with E-state index in [1.165, 1.54) is 0 Å². The summed E-state index contributed by atoms with van der Waals surface area (Å²) in [7, 11) is 0. The van der Waals surface area contributed by atoms with Crippen molar-refractivity contribution in [1.82, 2.24) is 5.32 Å². The highest BCUT2D eigenvalue weighted by molar-refractivity contribution is 5.89. The van der Waals surface area contributed by atoms with Gasteiger partial charge in [-0.2, -0.15) is 5.26 Å². The molecule has 0 aliphatic carbocycles. The van der Waals surface area contributed by atoms with Crippen molar-refractivity contribution in [2.45, 2.75) is 13.8 Å². The molecule has 1 aromatic carbocycles. The topological polar surface area (TPSA) is 64.9 Å². The highest BCUT2D eigenvalue weighted by Crippen LogP contribution is 2.15. The van der Waals surface area contributed by atoms with Gasteiger partial charge in [0.2, 0.25) is 0 Å². The molecule has 0 fully saturated rings. The van der Waals surface area contributed by atoms with Gasteiger partial charge in [-0.05, 0) is 26.0 Å². The van der Waals surface area contributed by atoms with E-state index in [9.17, 15) is 13.6 Å². The summed E-state index contributed by atoms with van der Waals surface area (Å²) in [6, 6.07) is 4.20. The van der Waals surface area contributed by atoms with Crippen LogP contribution in [-0.4, -0.2) is 12.6 Å². The Labute approximate surface area is 104 Å². The summed E-state index contributed by atoms with van der Waals surface area (Å²) in [6.45, 7) is 3.44. The maximum atomic E-state index is 13.2. The first-order valence-corrected chi connectivity index (χ1v) is 5.25. The second-order valence-electron chi connectivity index (χ2n) is 4.43. The summed E-state index contributed by atoms with van der Waals surface area (Å²) >= 11 is 0. The van der Waals surface area contributed by atoms with Gasteiger partial charge in [-0.1, -0.05) is 0 Å². The molecule has 0 spiro atoms. The molecule has 0 aliphatic rings. The molecule has 1 aromatic rings. The molecule has 0 saturated heterocycles. The van der Waals surface area contributed by atoms with E-state index >= 15 is 0 Å². The number of nitrogens with one attached hydrogen (secondary N) is 2. The van der Waals surface area contributed by atoms with Gasteiger partial charge in [0.25, 0.3) is 0 Å². The van der Waals surface area contributed by atoms with Crippen molar-refractivity contribution in [3.8, 4) is 6.07 Å². The second-order valence-corrected chi connectivity index (χ2v) is 4.43. The fourth-order valence-electron chi connectivity index (χ4n) is 1.10. The molecule has 0 heterocycles. The average molecular weight is 253 g/mol. The zero-order chi connectivity index (χ0) is 13.8. The van der Waals surface area contributed by atoms with Crippen molar-refractivity contribution < 1.29 is 13.6 Å². The predicted octanol–water partition coefficient (Wildman–Crippen LogP) is 2.64. The largest absolute Gasteiger partial charge is 0.336 e. The summed E-state index contributed by atoms with van der Waals surface area (Å²) in [5.74, 6) is -1.58. The Morgan fingerprint density at radius 3 is 2.67 bits per heavy atom. The van der Waals surface area contributed by atoms with Crippen LogP contribution in [0.25, 0.3) is 0 Å². The van der Waals surface area contributed by atoms with E-state index in [1.807, 2.05) is 6.07 Å². The molecule has 96 valence electrons. The molecule has 0 unspecified atom stereocenters. The lowest BCUT2D eigenvalue weighted by Crippen LogP contribution is -2.36. The number of carbonyl (C=O) groups excluding carboxylic acids is 1. The third-order valence-electron chi connectivity index (χ3n) is 2.17. The number of benzene rings is 1. The molecular formula is C12H13F2N3O. The molecule has 0 aromatic heterocycles. The van der Waals surface area contributed by atoms with Crippen LogP contribution in [0.2, 0.25) is 0 Å². The Hall–Kier alpha value is -2.16. The maximum absolute atomic E-state index is 13.2. The smallest absolute Gasteiger partial charge is 0.319 e. The highest BCUT2D eigenvalue weighted by Gasteiger charge is 2.18. The Kier molecular flexibility index (Phi) is 4.21. The lowest BCUT2D eigenvalue weighted by Gasteiger charge is -2.16. The quantitative estimate of drug-likeness (QED) is 0.869. The minimum absolute atomic E-state index is 0.122. The number of halogens is 2. The third kappa shape index (κ3) is 4.01. The maximum Gasteiger partial charge on any atom is 0.319 e. The number of anilines is 1. The lowest BCUT2D eigenvalue weighted by atomic mass is 9.96. The van der Waals surface area contributed by atoms with E-state index < -0.39 is 23.1 Å². The minimum Gasteiger partial charge on any atom is -0.336 e. The Bertz CT molecular complexity index is 495. The van der Waals surface area contributed by atoms with Crippen molar-refractivity contribution in [1.29, 1.82) is 5.26 Å². The fourth-order valence-corrected chi connectivity index (χ4v) is 1.10. The third-order valence-corrected chi connectivity index (χ3v) is 2.17. The van der Waals surface area contributed by atoms with Crippen LogP contribution < -0.4 is 10.6 Å². The van der Waals surface area contributed by atoms with Crippen molar-refractivity contribution in [2.24, 2.45) is 5.41 Å². The zero-order valence-corrected chi connectivity index (χ0v) is 10.1. The number of hydrogen-bond acceptors (Lipinski definition) is 2. The highest BCUT2D eigenvalue weighted by atomic mass is 19.1. The summed E-state index contributed by atoms with van der Waals surface area (Å²) in [6.07, 6.45) is 0. The predicted molar refractivity (Wildman–Crippen MR) is 62.8 cm³/mol. The van der Waals surface area contributed by atoms with Crippen LogP contribution in [-0.2, 0) is 0 Å². The standard InChI is InChI=1S/C12H13F2N3O/c1-12(2,6-15)7-16-11(18)17-10-4-3-8(13)5-9(10)14/h3-5H,7H2,1-2H3,(H2,16,17,18). The summed E-state index contributed by atoms with van der Waals surface area (Å²) in [4.78, 5) is 11.4. The van der Waals surface area contributed by atoms with Gasteiger partial charge < -0.3 is 10.6 Å². The van der Waals surface area contributed by atoms with Crippen molar-refractivity contribution in [2.75, 3.05) is 11.9 Å². The van der Waals surface area contributed by atoms with E-state index in [0.717, 1.165) is 12.1 Å². The van der Waals surface area contributed by atoms with Gasteiger partial charge in [0.05, 0.1) is 17.2 Å². The fraction of sp³-hybridized carbons (Fsp3) is 0.333. The van der Waals surface area contributed by atoms with Gasteiger partial charge in [-0.15, -0.1) is 0 Å². The molecule has 1 rings (SSSR count). The van der Waals surface area contributed by atoms with E-state index in [2.05, 4.69) is 10.6 Å². The van der Waals surface area contributed by atoms with Gasteiger partial charge in [0, 0.05) is 12.6 Å². The number of rotatable bonds is 3. The number of carbonyl (C=O) groups is 1. The van der Waals surface area contributed by atoms with Crippen LogP contribution in [0.1, 0.15) is 13.8 Å². The first-order valence-electron chi connectivity index (χ1n) is 5.25. The number of nitriles is 1. The Morgan fingerprint density at radius 2 is 2.11 bits per heavy atom. The minimum atomic E-state index is -0.857. The first kappa shape index (κ1) is 13.9. The van der Waals surface area contributed by atoms with Crippen LogP contribution in [0.5, 0.6) is 0 Å². The van der Waals surface area contributed by atoms with Crippen LogP contribution in [0.15, 0.2) is 18.2 Å². The van der Waals surface area contributed by atoms with Gasteiger partial charge >= 0.3 is 6.03 Å². The number of hydrogen-bond donors (Lipinski definition) is 2. The molecule has 0 bridgehead atoms. The van der Waals surface area contributed by atoms with E-state index in [0.29, 0.717) is 6.07 Å². The number of urea groups is 1. The molecule has 4 nitrogen and oxygen atoms in total. The van der Waals surface area contributed by atoms with Gasteiger partial charge in [-0.3, -0.25) is 0 Å². The molecule has 0 atom stereocenters. The van der Waals surface area contributed by atoms with Crippen LogP contribution in [0.3, 0.4) is 0 Å². The van der Waals surface area contributed by atoms with Crippen LogP contribution in [0.4, 0.5) is 19.3 Å². The average Bonchev–Trinajstić information content (AvgIpc) is 2.30. The lowest BCUT2D eigenvalue weighted by molar-refractivity contribution is 0.249.